The zero-order valence-corrected chi connectivity index (χ0v) is 10.2. The van der Waals surface area contributed by atoms with Crippen molar-refractivity contribution in [2.24, 2.45) is 0 Å². The first-order valence-electron chi connectivity index (χ1n) is 5.55. The highest BCUT2D eigenvalue weighted by molar-refractivity contribution is 8.05. The van der Waals surface area contributed by atoms with Crippen molar-refractivity contribution in [2.75, 3.05) is 6.61 Å². The Hall–Kier alpha value is -1.99. The lowest BCUT2D eigenvalue weighted by Crippen LogP contribution is -2.30. The molecular formula is C14H9NO2S. The number of hydrogen-bond acceptors (Lipinski definition) is 4. The van der Waals surface area contributed by atoms with E-state index in [1.807, 2.05) is 41.8 Å². The maximum atomic E-state index is 12.4. The van der Waals surface area contributed by atoms with Crippen molar-refractivity contribution in [3.63, 3.8) is 0 Å². The average Bonchev–Trinajstić information content (AvgIpc) is 2.41. The lowest BCUT2D eigenvalue weighted by molar-refractivity contribution is 0.0946. The van der Waals surface area contributed by atoms with Crippen molar-refractivity contribution >= 4 is 28.3 Å². The van der Waals surface area contributed by atoms with Crippen LogP contribution in [0.4, 0.5) is 0 Å². The molecule has 0 aromatic heterocycles. The molecule has 4 heteroatoms. The van der Waals surface area contributed by atoms with E-state index in [1.165, 1.54) is 0 Å². The summed E-state index contributed by atoms with van der Waals surface area (Å²) in [6.07, 6.45) is 0. The average molecular weight is 255 g/mol. The van der Waals surface area contributed by atoms with Gasteiger partial charge in [-0.1, -0.05) is 30.3 Å². The highest BCUT2D eigenvalue weighted by atomic mass is 32.2. The molecule has 0 fully saturated rings. The van der Waals surface area contributed by atoms with Crippen LogP contribution in [0.15, 0.2) is 36.4 Å². The van der Waals surface area contributed by atoms with Crippen molar-refractivity contribution in [1.82, 2.24) is 0 Å². The van der Waals surface area contributed by atoms with E-state index < -0.39 is 5.25 Å². The maximum absolute atomic E-state index is 12.4. The monoisotopic (exact) mass is 255 g/mol. The maximum Gasteiger partial charge on any atom is 0.184 e. The number of Topliss-reactive ketones (excluding diaryl/α,β-unsaturated/α-hetero) is 1. The number of fused-ring (bicyclic) bond motifs is 3. The van der Waals surface area contributed by atoms with Crippen LogP contribution in [0.2, 0.25) is 0 Å². The lowest BCUT2D eigenvalue weighted by Gasteiger charge is -2.23. The quantitative estimate of drug-likeness (QED) is 0.735. The van der Waals surface area contributed by atoms with Crippen LogP contribution in [0.1, 0.15) is 10.4 Å². The number of ether oxygens (including phenoxy) is 1. The lowest BCUT2D eigenvalue weighted by atomic mass is 9.97. The Kier molecular flexibility index (Phi) is 2.69. The summed E-state index contributed by atoms with van der Waals surface area (Å²) in [5.41, 5.74) is 0.604. The van der Waals surface area contributed by atoms with E-state index in [2.05, 4.69) is 0 Å². The molecule has 2 aromatic carbocycles. The summed E-state index contributed by atoms with van der Waals surface area (Å²) in [5, 5.41) is 12.1. The molecule has 0 radical (unpaired) electrons. The molecule has 3 rings (SSSR count). The molecule has 88 valence electrons. The van der Waals surface area contributed by atoms with Crippen LogP contribution >= 0.6 is 11.8 Å². The molecule has 2 aromatic rings. The minimum absolute atomic E-state index is 0.0143. The zero-order chi connectivity index (χ0) is 12.5. The van der Waals surface area contributed by atoms with Gasteiger partial charge < -0.3 is 4.74 Å². The van der Waals surface area contributed by atoms with Gasteiger partial charge in [-0.3, -0.25) is 4.79 Å². The number of carbonyl (C=O) groups is 1. The van der Waals surface area contributed by atoms with Gasteiger partial charge in [0.1, 0.15) is 23.0 Å². The van der Waals surface area contributed by atoms with Gasteiger partial charge in [0.25, 0.3) is 0 Å². The van der Waals surface area contributed by atoms with Gasteiger partial charge in [0.2, 0.25) is 0 Å². The van der Waals surface area contributed by atoms with E-state index in [4.69, 9.17) is 10.00 Å². The fraction of sp³-hybridized carbons (Fsp3) is 0.143. The topological polar surface area (TPSA) is 50.1 Å². The number of thiocyanates is 1. The summed E-state index contributed by atoms with van der Waals surface area (Å²) >= 11 is 0.963. The highest BCUT2D eigenvalue weighted by Crippen LogP contribution is 2.34. The molecular weight excluding hydrogens is 246 g/mol. The zero-order valence-electron chi connectivity index (χ0n) is 9.42. The third-order valence-electron chi connectivity index (χ3n) is 3.01. The van der Waals surface area contributed by atoms with Crippen molar-refractivity contribution in [3.8, 4) is 11.2 Å². The molecule has 0 saturated heterocycles. The SMILES string of the molecule is N#CSC1COc2ccc3ccccc3c2C1=O. The second-order valence-corrected chi connectivity index (χ2v) is 5.02. The van der Waals surface area contributed by atoms with Gasteiger partial charge in [-0.2, -0.15) is 5.26 Å². The molecule has 1 heterocycles. The van der Waals surface area contributed by atoms with Gasteiger partial charge in [-0.15, -0.1) is 0 Å². The molecule has 0 amide bonds. The molecule has 0 spiro atoms. The smallest absolute Gasteiger partial charge is 0.184 e. The molecule has 0 N–H and O–H groups in total. The van der Waals surface area contributed by atoms with Gasteiger partial charge in [0.15, 0.2) is 5.78 Å². The second-order valence-electron chi connectivity index (χ2n) is 4.03. The largest absolute Gasteiger partial charge is 0.491 e. The van der Waals surface area contributed by atoms with E-state index in [0.29, 0.717) is 11.3 Å². The van der Waals surface area contributed by atoms with Crippen molar-refractivity contribution in [3.05, 3.63) is 42.0 Å². The van der Waals surface area contributed by atoms with Gasteiger partial charge in [-0.25, -0.2) is 0 Å². The van der Waals surface area contributed by atoms with Crippen molar-refractivity contribution < 1.29 is 9.53 Å². The number of rotatable bonds is 1. The third kappa shape index (κ3) is 1.64. The van der Waals surface area contributed by atoms with Gasteiger partial charge in [-0.05, 0) is 28.6 Å². The van der Waals surface area contributed by atoms with Gasteiger partial charge in [0.05, 0.1) is 5.56 Å². The number of nitriles is 1. The van der Waals surface area contributed by atoms with Crippen LogP contribution in [-0.2, 0) is 0 Å². The number of hydrogen-bond donors (Lipinski definition) is 0. The molecule has 0 aliphatic carbocycles. The molecule has 1 aliphatic rings. The number of benzene rings is 2. The standard InChI is InChI=1S/C14H9NO2S/c15-8-18-12-7-17-11-6-5-9-3-1-2-4-10(9)13(11)14(12)16/h1-6,12H,7H2. The Labute approximate surface area is 108 Å². The summed E-state index contributed by atoms with van der Waals surface area (Å²) in [5.74, 6) is 0.605. The summed E-state index contributed by atoms with van der Waals surface area (Å²) in [6.45, 7) is 0.266. The molecule has 18 heavy (non-hydrogen) atoms. The number of ketones is 1. The Morgan fingerprint density at radius 3 is 2.94 bits per heavy atom. The van der Waals surface area contributed by atoms with E-state index in [1.54, 1.807) is 0 Å². The third-order valence-corrected chi connectivity index (χ3v) is 3.75. The molecule has 1 aliphatic heterocycles. The van der Waals surface area contributed by atoms with Crippen LogP contribution in [0.3, 0.4) is 0 Å². The Bertz CT molecular complexity index is 675. The molecule has 3 nitrogen and oxygen atoms in total. The van der Waals surface area contributed by atoms with Crippen LogP contribution < -0.4 is 4.74 Å². The molecule has 1 atom stereocenters. The normalized spacial score (nSPS) is 17.9. The fourth-order valence-electron chi connectivity index (χ4n) is 2.18. The predicted octanol–water partition coefficient (Wildman–Crippen LogP) is 3.00. The molecule has 0 saturated carbocycles. The van der Waals surface area contributed by atoms with Crippen LogP contribution in [0.5, 0.6) is 5.75 Å². The van der Waals surface area contributed by atoms with E-state index in [9.17, 15) is 4.79 Å². The van der Waals surface area contributed by atoms with Crippen LogP contribution in [0, 0.1) is 10.7 Å². The van der Waals surface area contributed by atoms with Gasteiger partial charge in [0, 0.05) is 0 Å². The summed E-state index contributed by atoms with van der Waals surface area (Å²) in [6, 6.07) is 11.5. The highest BCUT2D eigenvalue weighted by Gasteiger charge is 2.30. The van der Waals surface area contributed by atoms with Crippen molar-refractivity contribution in [2.45, 2.75) is 5.25 Å². The van der Waals surface area contributed by atoms with Crippen molar-refractivity contribution in [1.29, 1.82) is 5.26 Å². The first kappa shape index (κ1) is 11.1. The minimum atomic E-state index is -0.423. The Balaban J connectivity index is 2.20. The summed E-state index contributed by atoms with van der Waals surface area (Å²) in [7, 11) is 0. The minimum Gasteiger partial charge on any atom is -0.491 e. The van der Waals surface area contributed by atoms with Crippen LogP contribution in [0.25, 0.3) is 10.8 Å². The van der Waals surface area contributed by atoms with E-state index in [0.717, 1.165) is 22.5 Å². The predicted molar refractivity (Wildman–Crippen MR) is 70.8 cm³/mol. The fourth-order valence-corrected chi connectivity index (χ4v) is 2.67. The van der Waals surface area contributed by atoms with Crippen LogP contribution in [-0.4, -0.2) is 17.6 Å². The van der Waals surface area contributed by atoms with Gasteiger partial charge >= 0.3 is 0 Å². The summed E-state index contributed by atoms with van der Waals surface area (Å²) in [4.78, 5) is 12.4. The summed E-state index contributed by atoms with van der Waals surface area (Å²) < 4.78 is 5.57. The number of carbonyl (C=O) groups excluding carboxylic acids is 1. The van der Waals surface area contributed by atoms with E-state index >= 15 is 0 Å². The number of nitrogens with zero attached hydrogens (tertiary/aromatic N) is 1. The first-order valence-corrected chi connectivity index (χ1v) is 6.42. The number of thioether (sulfide) groups is 1. The van der Waals surface area contributed by atoms with E-state index in [-0.39, 0.29) is 12.4 Å². The Morgan fingerprint density at radius 2 is 2.11 bits per heavy atom. The molecule has 0 bridgehead atoms. The Morgan fingerprint density at radius 1 is 1.28 bits per heavy atom. The second kappa shape index (κ2) is 4.35. The first-order chi connectivity index (χ1) is 8.81. The molecule has 1 unspecified atom stereocenters.